The molecule has 2 aromatic carbocycles. The van der Waals surface area contributed by atoms with E-state index < -0.39 is 0 Å². The second kappa shape index (κ2) is 10.4. The van der Waals surface area contributed by atoms with Gasteiger partial charge in [0.05, 0.1) is 12.7 Å². The van der Waals surface area contributed by atoms with Gasteiger partial charge in [0.25, 0.3) is 11.8 Å². The molecule has 2 amide bonds. The summed E-state index contributed by atoms with van der Waals surface area (Å²) in [6, 6.07) is 12.7. The molecule has 2 fully saturated rings. The number of rotatable bonds is 4. The first-order valence-electron chi connectivity index (χ1n) is 10.9. The largest absolute Gasteiger partial charge is 0.373 e. The lowest BCUT2D eigenvalue weighted by atomic mass is 10.1. The maximum absolute atomic E-state index is 13.1. The Kier molecular flexibility index (Phi) is 7.40. The molecule has 2 heterocycles. The van der Waals surface area contributed by atoms with E-state index in [2.05, 4.69) is 4.90 Å². The van der Waals surface area contributed by atoms with E-state index in [-0.39, 0.29) is 23.7 Å². The minimum absolute atomic E-state index is 0.0345. The van der Waals surface area contributed by atoms with Crippen molar-refractivity contribution in [1.82, 2.24) is 14.7 Å². The second-order valence-electron chi connectivity index (χ2n) is 8.21. The second-order valence-corrected chi connectivity index (χ2v) is 8.64. The Morgan fingerprint density at radius 2 is 1.72 bits per heavy atom. The van der Waals surface area contributed by atoms with Gasteiger partial charge in [-0.2, -0.15) is 0 Å². The Hall–Kier alpha value is -2.48. The number of hydrogen-bond donors (Lipinski definition) is 0. The molecule has 0 radical (unpaired) electrons. The Morgan fingerprint density at radius 1 is 0.938 bits per heavy atom. The molecule has 0 aromatic heterocycles. The van der Waals surface area contributed by atoms with Gasteiger partial charge in [-0.3, -0.25) is 14.5 Å². The number of carbonyl (C=O) groups excluding carboxylic acids is 2. The molecule has 1 atom stereocenters. The van der Waals surface area contributed by atoms with E-state index in [1.54, 1.807) is 24.3 Å². The van der Waals surface area contributed by atoms with Crippen LogP contribution in [0.2, 0.25) is 5.02 Å². The molecule has 32 heavy (non-hydrogen) atoms. The molecule has 0 N–H and O–H groups in total. The summed E-state index contributed by atoms with van der Waals surface area (Å²) in [5, 5.41) is 0.546. The van der Waals surface area contributed by atoms with Crippen molar-refractivity contribution in [1.29, 1.82) is 0 Å². The van der Waals surface area contributed by atoms with Crippen molar-refractivity contribution in [2.45, 2.75) is 12.5 Å². The third-order valence-electron chi connectivity index (χ3n) is 5.93. The zero-order valence-corrected chi connectivity index (χ0v) is 18.6. The SMILES string of the molecule is O=C(c1ccc(F)cc1)N1CCCN(CC2CN(C(=O)c3cccc(Cl)c3)CCO2)CC1. The number of ether oxygens (including phenoxy) is 1. The molecule has 2 saturated heterocycles. The van der Waals surface area contributed by atoms with Crippen LogP contribution in [-0.4, -0.2) is 85.0 Å². The number of halogens is 2. The minimum Gasteiger partial charge on any atom is -0.373 e. The van der Waals surface area contributed by atoms with Gasteiger partial charge in [0, 0.05) is 55.4 Å². The van der Waals surface area contributed by atoms with E-state index in [0.717, 1.165) is 19.5 Å². The van der Waals surface area contributed by atoms with Gasteiger partial charge >= 0.3 is 0 Å². The van der Waals surface area contributed by atoms with E-state index in [1.807, 2.05) is 9.80 Å². The normalized spacial score (nSPS) is 20.1. The van der Waals surface area contributed by atoms with E-state index in [0.29, 0.717) is 55.5 Å². The third kappa shape index (κ3) is 5.65. The summed E-state index contributed by atoms with van der Waals surface area (Å²) < 4.78 is 19.1. The third-order valence-corrected chi connectivity index (χ3v) is 6.16. The smallest absolute Gasteiger partial charge is 0.254 e. The van der Waals surface area contributed by atoms with E-state index in [9.17, 15) is 14.0 Å². The number of morpholine rings is 1. The van der Waals surface area contributed by atoms with Crippen LogP contribution in [0.1, 0.15) is 27.1 Å². The zero-order chi connectivity index (χ0) is 22.5. The summed E-state index contributed by atoms with van der Waals surface area (Å²) in [4.78, 5) is 31.5. The van der Waals surface area contributed by atoms with E-state index >= 15 is 0 Å². The highest BCUT2D eigenvalue weighted by molar-refractivity contribution is 6.30. The van der Waals surface area contributed by atoms with Crippen molar-refractivity contribution >= 4 is 23.4 Å². The topological polar surface area (TPSA) is 53.1 Å². The molecule has 4 rings (SSSR count). The summed E-state index contributed by atoms with van der Waals surface area (Å²) >= 11 is 6.03. The van der Waals surface area contributed by atoms with Gasteiger partial charge in [0.15, 0.2) is 0 Å². The monoisotopic (exact) mass is 459 g/mol. The lowest BCUT2D eigenvalue weighted by Gasteiger charge is -2.35. The van der Waals surface area contributed by atoms with E-state index in [4.69, 9.17) is 16.3 Å². The molecular formula is C24H27ClFN3O3. The van der Waals surface area contributed by atoms with Crippen LogP contribution in [0.4, 0.5) is 4.39 Å². The maximum atomic E-state index is 13.1. The van der Waals surface area contributed by atoms with Crippen LogP contribution in [0, 0.1) is 5.82 Å². The Labute approximate surface area is 192 Å². The van der Waals surface area contributed by atoms with Gasteiger partial charge in [0.1, 0.15) is 5.82 Å². The first-order valence-corrected chi connectivity index (χ1v) is 11.3. The van der Waals surface area contributed by atoms with Crippen LogP contribution in [-0.2, 0) is 4.74 Å². The van der Waals surface area contributed by atoms with Crippen molar-refractivity contribution in [2.24, 2.45) is 0 Å². The number of carbonyl (C=O) groups is 2. The molecule has 2 aliphatic heterocycles. The van der Waals surface area contributed by atoms with Crippen LogP contribution < -0.4 is 0 Å². The molecule has 0 saturated carbocycles. The lowest BCUT2D eigenvalue weighted by Crippen LogP contribution is -2.50. The summed E-state index contributed by atoms with van der Waals surface area (Å²) in [5.74, 6) is -0.453. The zero-order valence-electron chi connectivity index (χ0n) is 17.9. The summed E-state index contributed by atoms with van der Waals surface area (Å²) in [6.07, 6.45) is 0.774. The number of amides is 2. The first-order chi connectivity index (χ1) is 15.5. The first kappa shape index (κ1) is 22.7. The molecule has 6 nitrogen and oxygen atoms in total. The Balaban J connectivity index is 1.31. The van der Waals surface area contributed by atoms with Crippen LogP contribution in [0.15, 0.2) is 48.5 Å². The minimum atomic E-state index is -0.348. The summed E-state index contributed by atoms with van der Waals surface area (Å²) in [5.41, 5.74) is 1.09. The number of hydrogen-bond acceptors (Lipinski definition) is 4. The molecule has 0 aliphatic carbocycles. The molecule has 8 heteroatoms. The van der Waals surface area contributed by atoms with Gasteiger partial charge in [-0.05, 0) is 55.4 Å². The predicted molar refractivity (Wildman–Crippen MR) is 120 cm³/mol. The Bertz CT molecular complexity index is 956. The van der Waals surface area contributed by atoms with Gasteiger partial charge < -0.3 is 14.5 Å². The van der Waals surface area contributed by atoms with Gasteiger partial charge in [-0.1, -0.05) is 17.7 Å². The summed E-state index contributed by atoms with van der Waals surface area (Å²) in [6.45, 7) is 5.15. The van der Waals surface area contributed by atoms with Crippen molar-refractivity contribution < 1.29 is 18.7 Å². The lowest BCUT2D eigenvalue weighted by molar-refractivity contribution is -0.0353. The Morgan fingerprint density at radius 3 is 2.50 bits per heavy atom. The van der Waals surface area contributed by atoms with Crippen molar-refractivity contribution in [3.8, 4) is 0 Å². The van der Waals surface area contributed by atoms with Crippen LogP contribution in [0.25, 0.3) is 0 Å². The molecule has 170 valence electrons. The highest BCUT2D eigenvalue weighted by Crippen LogP contribution is 2.17. The quantitative estimate of drug-likeness (QED) is 0.704. The van der Waals surface area contributed by atoms with Crippen molar-refractivity contribution in [2.75, 3.05) is 52.4 Å². The average molecular weight is 460 g/mol. The molecule has 1 unspecified atom stereocenters. The molecule has 2 aliphatic rings. The van der Waals surface area contributed by atoms with Crippen molar-refractivity contribution in [3.05, 3.63) is 70.5 Å². The standard InChI is InChI=1S/C24H27ClFN3O3/c25-20-4-1-3-19(15-20)24(31)29-13-14-32-22(17-29)16-27-9-2-10-28(12-11-27)23(30)18-5-7-21(26)8-6-18/h1,3-8,15,22H,2,9-14,16-17H2. The summed E-state index contributed by atoms with van der Waals surface area (Å²) in [7, 11) is 0. The van der Waals surface area contributed by atoms with Gasteiger partial charge in [0.2, 0.25) is 0 Å². The number of nitrogens with zero attached hydrogens (tertiary/aromatic N) is 3. The molecule has 2 aromatic rings. The molecular weight excluding hydrogens is 433 g/mol. The van der Waals surface area contributed by atoms with E-state index in [1.165, 1.54) is 24.3 Å². The molecule has 0 spiro atoms. The number of benzene rings is 2. The predicted octanol–water partition coefficient (Wildman–Crippen LogP) is 3.17. The maximum Gasteiger partial charge on any atom is 0.254 e. The van der Waals surface area contributed by atoms with Crippen LogP contribution in [0.3, 0.4) is 0 Å². The van der Waals surface area contributed by atoms with Gasteiger partial charge in [-0.15, -0.1) is 0 Å². The fourth-order valence-electron chi connectivity index (χ4n) is 4.24. The fourth-order valence-corrected chi connectivity index (χ4v) is 4.43. The fraction of sp³-hybridized carbons (Fsp3) is 0.417. The highest BCUT2D eigenvalue weighted by Gasteiger charge is 2.28. The molecule has 0 bridgehead atoms. The van der Waals surface area contributed by atoms with Crippen LogP contribution >= 0.6 is 11.6 Å². The average Bonchev–Trinajstić information content (AvgIpc) is 3.04. The van der Waals surface area contributed by atoms with Crippen LogP contribution in [0.5, 0.6) is 0 Å². The van der Waals surface area contributed by atoms with Crippen molar-refractivity contribution in [3.63, 3.8) is 0 Å². The van der Waals surface area contributed by atoms with Gasteiger partial charge in [-0.25, -0.2) is 4.39 Å². The highest BCUT2D eigenvalue weighted by atomic mass is 35.5.